The van der Waals surface area contributed by atoms with E-state index in [-0.39, 0.29) is 18.0 Å². The number of oxime groups is 1. The van der Waals surface area contributed by atoms with Crippen molar-refractivity contribution < 1.29 is 19.2 Å². The van der Waals surface area contributed by atoms with Crippen molar-refractivity contribution in [3.05, 3.63) is 35.3 Å². The van der Waals surface area contributed by atoms with E-state index in [1.54, 1.807) is 12.3 Å². The van der Waals surface area contributed by atoms with E-state index in [0.29, 0.717) is 9.47 Å². The van der Waals surface area contributed by atoms with Crippen LogP contribution in [0.5, 0.6) is 0 Å². The number of ether oxygens (including phenoxy) is 1. The van der Waals surface area contributed by atoms with E-state index >= 15 is 0 Å². The van der Waals surface area contributed by atoms with Gasteiger partial charge in [0.2, 0.25) is 11.2 Å². The summed E-state index contributed by atoms with van der Waals surface area (Å²) in [5.41, 5.74) is 6.71. The number of fused-ring (bicyclic) bond motifs is 1. The molecule has 0 bridgehead atoms. The molecule has 2 heterocycles. The lowest BCUT2D eigenvalue weighted by Gasteiger charge is -2.09. The van der Waals surface area contributed by atoms with E-state index in [1.807, 2.05) is 24.3 Å². The summed E-state index contributed by atoms with van der Waals surface area (Å²) >= 11 is 3.49. The predicted octanol–water partition coefficient (Wildman–Crippen LogP) is 3.33. The fourth-order valence-electron chi connectivity index (χ4n) is 2.04. The third kappa shape index (κ3) is 4.86. The molecule has 3 aromatic rings. The molecule has 2 N–H and O–H groups in total. The fraction of sp³-hybridized carbons (Fsp3) is 0.235. The second-order valence-electron chi connectivity index (χ2n) is 5.35. The normalized spacial score (nSPS) is 12.7. The number of aromatic nitrogens is 2. The first-order valence-corrected chi connectivity index (χ1v) is 10.7. The Morgan fingerprint density at radius 2 is 2.11 bits per heavy atom. The van der Waals surface area contributed by atoms with Crippen molar-refractivity contribution >= 4 is 66.6 Å². The molecular weight excluding hydrogens is 420 g/mol. The number of carbonyl (C=O) groups excluding carboxylic acids is 2. The van der Waals surface area contributed by atoms with Crippen LogP contribution in [-0.4, -0.2) is 39.5 Å². The SMILES string of the molecule is CCOC(=O)C(C)ON=C(C(=O)Sc1nc2ccccc2s1)c1csc(N)n1. The van der Waals surface area contributed by atoms with Crippen LogP contribution < -0.4 is 5.73 Å². The summed E-state index contributed by atoms with van der Waals surface area (Å²) in [6.45, 7) is 3.40. The Labute approximate surface area is 172 Å². The maximum Gasteiger partial charge on any atom is 0.349 e. The van der Waals surface area contributed by atoms with Crippen LogP contribution >= 0.6 is 34.4 Å². The molecule has 0 spiro atoms. The Morgan fingerprint density at radius 1 is 1.32 bits per heavy atom. The van der Waals surface area contributed by atoms with Crippen LogP contribution in [0.4, 0.5) is 5.13 Å². The molecule has 0 aliphatic carbocycles. The Hall–Kier alpha value is -2.50. The molecule has 11 heteroatoms. The van der Waals surface area contributed by atoms with E-state index in [0.717, 1.165) is 22.0 Å². The van der Waals surface area contributed by atoms with Gasteiger partial charge in [0.1, 0.15) is 5.69 Å². The summed E-state index contributed by atoms with van der Waals surface area (Å²) in [6, 6.07) is 7.60. The van der Waals surface area contributed by atoms with E-state index in [4.69, 9.17) is 15.3 Å². The molecule has 1 unspecified atom stereocenters. The molecule has 0 saturated heterocycles. The van der Waals surface area contributed by atoms with Gasteiger partial charge in [0.25, 0.3) is 0 Å². The van der Waals surface area contributed by atoms with Crippen LogP contribution in [0, 0.1) is 0 Å². The van der Waals surface area contributed by atoms with Gasteiger partial charge in [0.05, 0.1) is 16.8 Å². The second kappa shape index (κ2) is 9.13. The quantitative estimate of drug-likeness (QED) is 0.259. The number of esters is 1. The lowest BCUT2D eigenvalue weighted by molar-refractivity contribution is -0.155. The number of nitrogens with two attached hydrogens (primary N) is 1. The number of thiazole rings is 2. The van der Waals surface area contributed by atoms with Crippen LogP contribution in [0.3, 0.4) is 0 Å². The summed E-state index contributed by atoms with van der Waals surface area (Å²) in [5.74, 6) is -0.574. The summed E-state index contributed by atoms with van der Waals surface area (Å²) < 4.78 is 6.41. The van der Waals surface area contributed by atoms with Gasteiger partial charge in [-0.3, -0.25) is 4.79 Å². The molecule has 0 amide bonds. The fourth-order valence-corrected chi connectivity index (χ4v) is 4.49. The first kappa shape index (κ1) is 20.2. The van der Waals surface area contributed by atoms with Crippen LogP contribution in [-0.2, 0) is 19.2 Å². The number of benzene rings is 1. The minimum absolute atomic E-state index is 0.0478. The van der Waals surface area contributed by atoms with Crippen LogP contribution in [0.1, 0.15) is 19.5 Å². The zero-order valence-corrected chi connectivity index (χ0v) is 17.4. The van der Waals surface area contributed by atoms with Gasteiger partial charge in [0, 0.05) is 5.38 Å². The molecule has 0 saturated carbocycles. The van der Waals surface area contributed by atoms with Crippen molar-refractivity contribution in [2.24, 2.45) is 5.16 Å². The summed E-state index contributed by atoms with van der Waals surface area (Å²) in [4.78, 5) is 38.3. The Bertz CT molecular complexity index is 997. The molecule has 1 aromatic carbocycles. The molecule has 2 aromatic heterocycles. The molecule has 0 aliphatic heterocycles. The number of hydrogen-bond acceptors (Lipinski definition) is 11. The minimum Gasteiger partial charge on any atom is -0.463 e. The van der Waals surface area contributed by atoms with Crippen molar-refractivity contribution in [2.45, 2.75) is 24.3 Å². The highest BCUT2D eigenvalue weighted by Gasteiger charge is 2.23. The van der Waals surface area contributed by atoms with Gasteiger partial charge in [-0.05, 0) is 37.7 Å². The molecule has 146 valence electrons. The van der Waals surface area contributed by atoms with Gasteiger partial charge in [-0.1, -0.05) is 17.3 Å². The number of nitrogen functional groups attached to an aromatic ring is 1. The van der Waals surface area contributed by atoms with Crippen molar-refractivity contribution in [1.29, 1.82) is 0 Å². The molecule has 0 aliphatic rings. The van der Waals surface area contributed by atoms with Gasteiger partial charge < -0.3 is 15.3 Å². The van der Waals surface area contributed by atoms with Gasteiger partial charge >= 0.3 is 5.97 Å². The topological polar surface area (TPSA) is 117 Å². The first-order chi connectivity index (χ1) is 13.5. The number of hydrogen-bond donors (Lipinski definition) is 1. The molecule has 8 nitrogen and oxygen atoms in total. The average molecular weight is 437 g/mol. The third-order valence-corrected chi connectivity index (χ3v) is 5.98. The highest BCUT2D eigenvalue weighted by molar-refractivity contribution is 8.16. The standard InChI is InChI=1S/C17H16N4O4S3/c1-3-24-14(22)9(2)25-21-13(11-8-26-16(18)19-11)15(23)28-17-20-10-6-4-5-7-12(10)27-17/h4-9H,3H2,1-2H3,(H2,18,19). The average Bonchev–Trinajstić information content (AvgIpc) is 3.27. The zero-order valence-electron chi connectivity index (χ0n) is 14.9. The maximum atomic E-state index is 12.8. The number of thioether (sulfide) groups is 1. The lowest BCUT2D eigenvalue weighted by Crippen LogP contribution is -2.23. The molecule has 1 atom stereocenters. The Balaban J connectivity index is 1.82. The van der Waals surface area contributed by atoms with Gasteiger partial charge in [-0.25, -0.2) is 14.8 Å². The Kier molecular flexibility index (Phi) is 6.60. The minimum atomic E-state index is -0.966. The largest absolute Gasteiger partial charge is 0.463 e. The monoisotopic (exact) mass is 436 g/mol. The van der Waals surface area contributed by atoms with E-state index in [1.165, 1.54) is 29.6 Å². The summed E-state index contributed by atoms with van der Waals surface area (Å²) in [5, 5.41) is 5.35. The predicted molar refractivity (Wildman–Crippen MR) is 111 cm³/mol. The lowest BCUT2D eigenvalue weighted by atomic mass is 10.3. The highest BCUT2D eigenvalue weighted by Crippen LogP contribution is 2.30. The summed E-state index contributed by atoms with van der Waals surface area (Å²) in [6.07, 6.45) is -0.966. The van der Waals surface area contributed by atoms with Gasteiger partial charge in [0.15, 0.2) is 15.2 Å². The second-order valence-corrected chi connectivity index (χ2v) is 8.49. The van der Waals surface area contributed by atoms with Crippen LogP contribution in [0.25, 0.3) is 10.2 Å². The van der Waals surface area contributed by atoms with Crippen molar-refractivity contribution in [3.8, 4) is 0 Å². The molecule has 28 heavy (non-hydrogen) atoms. The number of anilines is 1. The number of carbonyl (C=O) groups is 2. The Morgan fingerprint density at radius 3 is 2.79 bits per heavy atom. The maximum absolute atomic E-state index is 12.8. The van der Waals surface area contributed by atoms with Crippen molar-refractivity contribution in [2.75, 3.05) is 12.3 Å². The van der Waals surface area contributed by atoms with Crippen LogP contribution in [0.2, 0.25) is 0 Å². The van der Waals surface area contributed by atoms with Gasteiger partial charge in [-0.15, -0.1) is 22.7 Å². The molecule has 3 rings (SSSR count). The van der Waals surface area contributed by atoms with Crippen LogP contribution in [0.15, 0.2) is 39.1 Å². The number of nitrogens with zero attached hydrogens (tertiary/aromatic N) is 3. The van der Waals surface area contributed by atoms with Crippen molar-refractivity contribution in [1.82, 2.24) is 9.97 Å². The number of rotatable bonds is 7. The third-order valence-electron chi connectivity index (χ3n) is 3.33. The van der Waals surface area contributed by atoms with E-state index in [2.05, 4.69) is 15.1 Å². The smallest absolute Gasteiger partial charge is 0.349 e. The number of para-hydroxylation sites is 1. The molecule has 0 radical (unpaired) electrons. The molecule has 0 fully saturated rings. The van der Waals surface area contributed by atoms with Crippen molar-refractivity contribution in [3.63, 3.8) is 0 Å². The van der Waals surface area contributed by atoms with E-state index < -0.39 is 17.2 Å². The highest BCUT2D eigenvalue weighted by atomic mass is 32.2. The van der Waals surface area contributed by atoms with Gasteiger partial charge in [-0.2, -0.15) is 0 Å². The first-order valence-electron chi connectivity index (χ1n) is 8.17. The van der Waals surface area contributed by atoms with E-state index in [9.17, 15) is 9.59 Å². The zero-order chi connectivity index (χ0) is 20.1. The molecular formula is C17H16N4O4S3. The summed E-state index contributed by atoms with van der Waals surface area (Å²) in [7, 11) is 0.